The number of likely N-dealkylation sites (tertiary alicyclic amines) is 1. The topological polar surface area (TPSA) is 197 Å². The van der Waals surface area contributed by atoms with Gasteiger partial charge in [-0.15, -0.1) is 0 Å². The van der Waals surface area contributed by atoms with Gasteiger partial charge in [-0.2, -0.15) is 0 Å². The summed E-state index contributed by atoms with van der Waals surface area (Å²) >= 11 is 0. The molecule has 3 saturated heterocycles. The Hall–Kier alpha value is -3.87. The molecule has 0 unspecified atom stereocenters. The second-order valence-corrected chi connectivity index (χ2v) is 23.7. The molecule has 0 aromatic rings. The molecule has 0 radical (unpaired) electrons. The minimum absolute atomic E-state index is 0.00480. The Labute approximate surface area is 466 Å². The van der Waals surface area contributed by atoms with E-state index in [2.05, 4.69) is 31.4 Å². The fraction of sp³-hybridized carbons (Fsp3) is 0.758. The molecule has 16 nitrogen and oxygen atoms in total. The van der Waals surface area contributed by atoms with E-state index >= 15 is 0 Å². The number of ether oxygens (including phenoxy) is 7. The Bertz CT molecular complexity index is 2080. The third-order valence-electron chi connectivity index (χ3n) is 17.7. The molecule has 1 aliphatic carbocycles. The summed E-state index contributed by atoms with van der Waals surface area (Å²) in [6, 6.07) is -1.12. The van der Waals surface area contributed by atoms with Crippen LogP contribution in [-0.2, 0) is 57.1 Å². The first-order valence-corrected chi connectivity index (χ1v) is 29.3. The van der Waals surface area contributed by atoms with Gasteiger partial charge in [0.25, 0.3) is 18.2 Å². The van der Waals surface area contributed by atoms with Gasteiger partial charge >= 0.3 is 5.97 Å². The van der Waals surface area contributed by atoms with Gasteiger partial charge in [0.05, 0.1) is 31.0 Å². The Morgan fingerprint density at radius 3 is 2.28 bits per heavy atom. The van der Waals surface area contributed by atoms with E-state index in [4.69, 9.17) is 33.2 Å². The number of ketones is 2. The van der Waals surface area contributed by atoms with Gasteiger partial charge in [-0.3, -0.25) is 19.2 Å². The fourth-order valence-corrected chi connectivity index (χ4v) is 12.5. The number of piperidine rings is 2. The van der Waals surface area contributed by atoms with Gasteiger partial charge in [0, 0.05) is 65.7 Å². The number of Topliss-reactive ketones (excluding diaryl/α,β-unsaturated/α-hetero) is 2. The SMILES string of the molecule is C=C1[C@H](C)C[C@H](C)/C=C/C=C/C=C(\C)[C@@H](OC)C[C@@H]2CC[C@@H](C)[C@@](O)(O2)C(=O)C(=O)N2CCCC[C@H]2C(=O)O[C@H]([C@H](C)C[C@@H]2CC[C@@H](OCCCN3CCC(COC=O)CC3)[C@H](OC)C2)CC(=O)[C@H](C)/C=C(\C)[C@@H](O)[C@H]1OC. The summed E-state index contributed by atoms with van der Waals surface area (Å²) in [5.41, 5.74) is 2.21. The summed E-state index contributed by atoms with van der Waals surface area (Å²) < 4.78 is 41.9. The maximum Gasteiger partial charge on any atom is 0.329 e. The van der Waals surface area contributed by atoms with E-state index in [1.54, 1.807) is 48.2 Å². The predicted molar refractivity (Wildman–Crippen MR) is 299 cm³/mol. The normalized spacial score (nSPS) is 37.3. The fourth-order valence-electron chi connectivity index (χ4n) is 12.5. The lowest BCUT2D eigenvalue weighted by Crippen LogP contribution is -2.61. The molecule has 16 heteroatoms. The van der Waals surface area contributed by atoms with Crippen LogP contribution >= 0.6 is 0 Å². The molecule has 2 bridgehead atoms. The van der Waals surface area contributed by atoms with E-state index in [0.717, 1.165) is 75.7 Å². The summed E-state index contributed by atoms with van der Waals surface area (Å²) in [5, 5.41) is 23.8. The molecule has 440 valence electrons. The molecule has 78 heavy (non-hydrogen) atoms. The van der Waals surface area contributed by atoms with Crippen molar-refractivity contribution in [2.45, 2.75) is 199 Å². The van der Waals surface area contributed by atoms with Crippen molar-refractivity contribution in [3.63, 3.8) is 0 Å². The number of cyclic esters (lactones) is 1. The Kier molecular flexibility index (Phi) is 26.6. The van der Waals surface area contributed by atoms with Crippen LogP contribution in [0.1, 0.15) is 145 Å². The van der Waals surface area contributed by atoms with Crippen molar-refractivity contribution in [1.29, 1.82) is 0 Å². The van der Waals surface area contributed by atoms with Crippen molar-refractivity contribution in [3.05, 3.63) is 59.8 Å². The van der Waals surface area contributed by atoms with Crippen molar-refractivity contribution < 1.29 is 67.3 Å². The van der Waals surface area contributed by atoms with Crippen LogP contribution in [0.25, 0.3) is 0 Å². The number of hydrogen-bond donors (Lipinski definition) is 2. The van der Waals surface area contributed by atoms with E-state index in [-0.39, 0.29) is 61.0 Å². The van der Waals surface area contributed by atoms with Crippen molar-refractivity contribution in [1.82, 2.24) is 9.80 Å². The molecule has 2 N–H and O–H groups in total. The minimum atomic E-state index is -2.42. The number of esters is 1. The predicted octanol–water partition coefficient (Wildman–Crippen LogP) is 8.47. The Balaban J connectivity index is 1.37. The molecule has 15 atom stereocenters. The van der Waals surface area contributed by atoms with Gasteiger partial charge in [0.15, 0.2) is 0 Å². The summed E-state index contributed by atoms with van der Waals surface area (Å²) in [6.45, 7) is 22.4. The van der Waals surface area contributed by atoms with E-state index in [0.29, 0.717) is 69.7 Å². The Morgan fingerprint density at radius 2 is 1.59 bits per heavy atom. The van der Waals surface area contributed by atoms with Gasteiger partial charge in [-0.25, -0.2) is 4.79 Å². The number of aliphatic hydroxyl groups is 2. The van der Waals surface area contributed by atoms with E-state index < -0.39 is 71.8 Å². The molecule has 0 spiro atoms. The number of carbonyl (C=O) groups is 5. The Morgan fingerprint density at radius 1 is 0.846 bits per heavy atom. The summed E-state index contributed by atoms with van der Waals surface area (Å²) in [7, 11) is 4.86. The van der Waals surface area contributed by atoms with Crippen LogP contribution in [0, 0.1) is 41.4 Å². The first-order chi connectivity index (χ1) is 37.2. The largest absolute Gasteiger partial charge is 0.468 e. The van der Waals surface area contributed by atoms with Crippen LogP contribution in [0.5, 0.6) is 0 Å². The zero-order chi connectivity index (χ0) is 57.1. The first kappa shape index (κ1) is 64.9. The van der Waals surface area contributed by atoms with Gasteiger partial charge in [0.1, 0.15) is 30.1 Å². The molecule has 5 rings (SSSR count). The van der Waals surface area contributed by atoms with Crippen LogP contribution in [-0.4, -0.2) is 165 Å². The monoisotopic (exact) mass is 1090 g/mol. The van der Waals surface area contributed by atoms with Gasteiger partial charge in [-0.05, 0) is 157 Å². The van der Waals surface area contributed by atoms with Crippen molar-refractivity contribution in [2.75, 3.05) is 60.7 Å². The molecule has 4 fully saturated rings. The number of rotatable bonds is 14. The molecular formula is C62H98N2O14. The third kappa shape index (κ3) is 18.3. The quantitative estimate of drug-likeness (QED) is 0.0552. The average Bonchev–Trinajstić information content (AvgIpc) is 3.44. The number of nitrogens with zero attached hydrogens (tertiary/aromatic N) is 2. The van der Waals surface area contributed by atoms with Gasteiger partial charge in [-0.1, -0.05) is 77.7 Å². The number of allylic oxidation sites excluding steroid dienone is 6. The minimum Gasteiger partial charge on any atom is -0.468 e. The molecular weight excluding hydrogens is 997 g/mol. The smallest absolute Gasteiger partial charge is 0.329 e. The molecule has 0 aromatic carbocycles. The zero-order valence-electron chi connectivity index (χ0n) is 48.9. The highest BCUT2D eigenvalue weighted by Gasteiger charge is 2.53. The van der Waals surface area contributed by atoms with Crippen molar-refractivity contribution >= 4 is 29.9 Å². The lowest BCUT2D eigenvalue weighted by Gasteiger charge is -2.42. The van der Waals surface area contributed by atoms with Crippen LogP contribution in [0.15, 0.2) is 59.8 Å². The molecule has 0 aromatic heterocycles. The lowest BCUT2D eigenvalue weighted by atomic mass is 9.78. The molecule has 4 aliphatic heterocycles. The maximum atomic E-state index is 14.7. The standard InChI is InChI=1S/C62H98N2O14/c1-40-18-13-12-14-19-41(2)54(72-9)36-50-23-21-46(7)62(71,78-50)59(68)60(69)64-28-16-15-20-51(64)61(70)77-55(37-52(66)43(4)33-45(6)57(67)58(74-11)47(8)42(3)32-40)44(5)34-49-22-24-53(56(35-49)73-10)76-31-17-27-63-29-25-48(26-30-63)38-75-39-65/h12-14,18-19,33,39-40,42-44,46,48-51,53-58,67,71H,8,15-17,20-32,34-38H2,1-7,9-11H3/b14-12+,18-13+,41-19+,45-33+/t40-,42-,43-,44-,46-,49+,50+,51+,53-,54+,55+,56-,57-,58+,62-/m1/s1. The van der Waals surface area contributed by atoms with Crippen molar-refractivity contribution in [2.24, 2.45) is 41.4 Å². The second kappa shape index (κ2) is 31.9. The number of hydrogen-bond acceptors (Lipinski definition) is 15. The van der Waals surface area contributed by atoms with Crippen LogP contribution < -0.4 is 0 Å². The van der Waals surface area contributed by atoms with Crippen LogP contribution in [0.2, 0.25) is 0 Å². The van der Waals surface area contributed by atoms with Gasteiger partial charge in [0.2, 0.25) is 5.79 Å². The third-order valence-corrected chi connectivity index (χ3v) is 17.7. The number of amides is 1. The lowest BCUT2D eigenvalue weighted by molar-refractivity contribution is -0.265. The summed E-state index contributed by atoms with van der Waals surface area (Å²) in [4.78, 5) is 72.2. The van der Waals surface area contributed by atoms with E-state index in [1.165, 1.54) is 4.90 Å². The molecule has 4 heterocycles. The van der Waals surface area contributed by atoms with Crippen LogP contribution in [0.4, 0.5) is 0 Å². The highest BCUT2D eigenvalue weighted by Crippen LogP contribution is 2.38. The average molecular weight is 1100 g/mol. The highest BCUT2D eigenvalue weighted by atomic mass is 16.6. The molecule has 1 saturated carbocycles. The maximum absolute atomic E-state index is 14.7. The molecule has 5 aliphatic rings. The number of carbonyl (C=O) groups excluding carboxylic acids is 5. The van der Waals surface area contributed by atoms with Gasteiger partial charge < -0.3 is 53.2 Å². The number of methoxy groups -OCH3 is 3. The molecule has 1 amide bonds. The van der Waals surface area contributed by atoms with Crippen molar-refractivity contribution in [3.8, 4) is 0 Å². The van der Waals surface area contributed by atoms with Crippen LogP contribution in [0.3, 0.4) is 0 Å². The zero-order valence-corrected chi connectivity index (χ0v) is 48.9. The number of fused-ring (bicyclic) bond motifs is 3. The summed E-state index contributed by atoms with van der Waals surface area (Å²) in [6.07, 6.45) is 17.0. The second-order valence-electron chi connectivity index (χ2n) is 23.7. The van der Waals surface area contributed by atoms with E-state index in [1.807, 2.05) is 38.2 Å². The number of aliphatic hydroxyl groups excluding tert-OH is 1. The van der Waals surface area contributed by atoms with E-state index in [9.17, 15) is 34.2 Å². The highest BCUT2D eigenvalue weighted by molar-refractivity contribution is 6.39. The summed E-state index contributed by atoms with van der Waals surface area (Å²) in [5.74, 6) is -6.35. The first-order valence-electron chi connectivity index (χ1n) is 29.3.